The molecule has 4 aliphatic rings. The second kappa shape index (κ2) is 7.38. The van der Waals surface area contributed by atoms with Crippen LogP contribution in [0.3, 0.4) is 0 Å². The average molecular weight is 369 g/mol. The third kappa shape index (κ3) is 3.28. The molecule has 0 saturated heterocycles. The summed E-state index contributed by atoms with van der Waals surface area (Å²) in [6.07, 6.45) is 22.0. The zero-order valence-corrected chi connectivity index (χ0v) is 18.8. The fourth-order valence-corrected chi connectivity index (χ4v) is 8.32. The van der Waals surface area contributed by atoms with Gasteiger partial charge in [-0.25, -0.2) is 0 Å². The lowest BCUT2D eigenvalue weighted by molar-refractivity contribution is -0.0451. The quantitative estimate of drug-likeness (QED) is 0.459. The van der Waals surface area contributed by atoms with Gasteiger partial charge in [-0.15, -0.1) is 0 Å². The van der Waals surface area contributed by atoms with E-state index in [2.05, 4.69) is 52.8 Å². The highest BCUT2D eigenvalue weighted by atomic mass is 14.6. The second-order valence-electron chi connectivity index (χ2n) is 11.7. The molecule has 0 aromatic rings. The van der Waals surface area contributed by atoms with Gasteiger partial charge < -0.3 is 0 Å². The van der Waals surface area contributed by atoms with Crippen molar-refractivity contribution in [3.05, 3.63) is 23.8 Å². The lowest BCUT2D eigenvalue weighted by Crippen LogP contribution is -2.49. The van der Waals surface area contributed by atoms with Crippen LogP contribution in [0.1, 0.15) is 98.8 Å². The number of rotatable bonds is 5. The van der Waals surface area contributed by atoms with Gasteiger partial charge in [0, 0.05) is 0 Å². The van der Waals surface area contributed by atoms with E-state index in [-0.39, 0.29) is 0 Å². The van der Waals surface area contributed by atoms with Gasteiger partial charge in [0.25, 0.3) is 0 Å². The number of fused-ring (bicyclic) bond motifs is 5. The van der Waals surface area contributed by atoms with E-state index in [1.165, 1.54) is 64.2 Å². The summed E-state index contributed by atoms with van der Waals surface area (Å²) in [5, 5.41) is 0. The Morgan fingerprint density at radius 1 is 1.00 bits per heavy atom. The minimum absolute atomic E-state index is 0.486. The Bertz CT molecular complexity index is 595. The van der Waals surface area contributed by atoms with Crippen LogP contribution in [-0.4, -0.2) is 0 Å². The molecule has 7 atom stereocenters. The zero-order chi connectivity index (χ0) is 19.2. The molecule has 0 aliphatic heterocycles. The summed E-state index contributed by atoms with van der Waals surface area (Å²) < 4.78 is 0. The molecule has 0 heterocycles. The topological polar surface area (TPSA) is 0 Å². The highest BCUT2D eigenvalue weighted by Gasteiger charge is 2.58. The van der Waals surface area contributed by atoms with Crippen LogP contribution in [0.15, 0.2) is 23.8 Å². The molecular weight excluding hydrogens is 324 g/mol. The van der Waals surface area contributed by atoms with E-state index in [1.807, 2.05) is 0 Å². The molecule has 0 heteroatoms. The molecule has 0 aromatic carbocycles. The molecule has 0 nitrogen and oxygen atoms in total. The molecule has 4 aliphatic carbocycles. The first kappa shape index (κ1) is 19.8. The minimum atomic E-state index is 0.486. The summed E-state index contributed by atoms with van der Waals surface area (Å²) in [4.78, 5) is 0. The molecule has 0 amide bonds. The molecule has 0 N–H and O–H groups in total. The SMILES string of the molecule is CC(C)CCC[C@@H](C)[C@@H]1CC[C@@H]2[C@H]3CC=C4C=CCC[C@]4(C)[C@@H]3CC[C@@]21C. The maximum atomic E-state index is 2.72. The van der Waals surface area contributed by atoms with Crippen molar-refractivity contribution in [3.63, 3.8) is 0 Å². The van der Waals surface area contributed by atoms with Crippen LogP contribution in [-0.2, 0) is 0 Å². The standard InChI is InChI=1S/C27H44/c1-19(2)9-8-10-20(3)23-14-15-24-22-13-12-21-11-6-7-17-26(21,4)25(22)16-18-27(23,24)5/h6,11-12,19-20,22-25H,7-10,13-18H2,1-5H3/t20-,22-,23+,24-,25-,26+,27-/m1/s1. The first-order chi connectivity index (χ1) is 12.9. The Morgan fingerprint density at radius 3 is 2.59 bits per heavy atom. The van der Waals surface area contributed by atoms with Crippen molar-refractivity contribution in [1.82, 2.24) is 0 Å². The van der Waals surface area contributed by atoms with E-state index in [1.54, 1.807) is 5.57 Å². The predicted molar refractivity (Wildman–Crippen MR) is 118 cm³/mol. The van der Waals surface area contributed by atoms with Crippen molar-refractivity contribution >= 4 is 0 Å². The highest BCUT2D eigenvalue weighted by Crippen LogP contribution is 2.66. The lowest BCUT2D eigenvalue weighted by atomic mass is 9.47. The van der Waals surface area contributed by atoms with Gasteiger partial charge in [-0.3, -0.25) is 0 Å². The van der Waals surface area contributed by atoms with Gasteiger partial charge in [0.15, 0.2) is 0 Å². The molecule has 27 heavy (non-hydrogen) atoms. The van der Waals surface area contributed by atoms with Crippen LogP contribution < -0.4 is 0 Å². The van der Waals surface area contributed by atoms with Gasteiger partial charge in [0.1, 0.15) is 0 Å². The van der Waals surface area contributed by atoms with Crippen molar-refractivity contribution in [1.29, 1.82) is 0 Å². The normalized spacial score (nSPS) is 44.4. The van der Waals surface area contributed by atoms with E-state index >= 15 is 0 Å². The van der Waals surface area contributed by atoms with Gasteiger partial charge in [0.2, 0.25) is 0 Å². The molecule has 152 valence electrons. The molecule has 2 fully saturated rings. The van der Waals surface area contributed by atoms with Crippen molar-refractivity contribution in [2.24, 2.45) is 46.3 Å². The first-order valence-electron chi connectivity index (χ1n) is 12.2. The number of allylic oxidation sites excluding steroid dienone is 4. The van der Waals surface area contributed by atoms with Gasteiger partial charge in [-0.2, -0.15) is 0 Å². The van der Waals surface area contributed by atoms with Crippen LogP contribution in [0.25, 0.3) is 0 Å². The molecular formula is C27H44. The first-order valence-corrected chi connectivity index (χ1v) is 12.2. The molecule has 0 bridgehead atoms. The van der Waals surface area contributed by atoms with Gasteiger partial charge in [0.05, 0.1) is 0 Å². The number of hydrogen-bond acceptors (Lipinski definition) is 0. The average Bonchev–Trinajstić information content (AvgIpc) is 2.98. The molecule has 4 rings (SSSR count). The van der Waals surface area contributed by atoms with Crippen LogP contribution in [0.2, 0.25) is 0 Å². The summed E-state index contributed by atoms with van der Waals surface area (Å²) in [6, 6.07) is 0. The maximum absolute atomic E-state index is 2.72. The second-order valence-corrected chi connectivity index (χ2v) is 11.7. The summed E-state index contributed by atoms with van der Waals surface area (Å²) in [5.74, 6) is 5.70. The fraction of sp³-hybridized carbons (Fsp3) is 0.852. The molecule has 0 spiro atoms. The molecule has 0 radical (unpaired) electrons. The summed E-state index contributed by atoms with van der Waals surface area (Å²) in [6.45, 7) is 12.7. The third-order valence-corrected chi connectivity index (χ3v) is 9.85. The van der Waals surface area contributed by atoms with Gasteiger partial charge >= 0.3 is 0 Å². The van der Waals surface area contributed by atoms with Crippen molar-refractivity contribution in [2.75, 3.05) is 0 Å². The summed E-state index contributed by atoms with van der Waals surface area (Å²) >= 11 is 0. The third-order valence-electron chi connectivity index (χ3n) is 9.85. The van der Waals surface area contributed by atoms with E-state index in [9.17, 15) is 0 Å². The largest absolute Gasteiger partial charge is 0.0842 e. The smallest absolute Gasteiger partial charge is 0.00445 e. The Morgan fingerprint density at radius 2 is 1.81 bits per heavy atom. The Balaban J connectivity index is 1.50. The van der Waals surface area contributed by atoms with E-state index in [0.29, 0.717) is 10.8 Å². The molecule has 0 aromatic heterocycles. The predicted octanol–water partition coefficient (Wildman–Crippen LogP) is 8.19. The fourth-order valence-electron chi connectivity index (χ4n) is 8.32. The Labute approximate surface area is 169 Å². The van der Waals surface area contributed by atoms with Gasteiger partial charge in [-0.1, -0.05) is 72.1 Å². The van der Waals surface area contributed by atoms with Crippen LogP contribution in [0.5, 0.6) is 0 Å². The van der Waals surface area contributed by atoms with Crippen molar-refractivity contribution in [3.8, 4) is 0 Å². The summed E-state index contributed by atoms with van der Waals surface area (Å²) in [7, 11) is 0. The minimum Gasteiger partial charge on any atom is -0.0842 e. The van der Waals surface area contributed by atoms with Gasteiger partial charge in [-0.05, 0) is 96.9 Å². The maximum Gasteiger partial charge on any atom is -0.00445 e. The Hall–Kier alpha value is -0.520. The van der Waals surface area contributed by atoms with Crippen LogP contribution >= 0.6 is 0 Å². The monoisotopic (exact) mass is 368 g/mol. The zero-order valence-electron chi connectivity index (χ0n) is 18.8. The van der Waals surface area contributed by atoms with Crippen LogP contribution in [0, 0.1) is 46.3 Å². The van der Waals surface area contributed by atoms with Crippen molar-refractivity contribution < 1.29 is 0 Å². The highest BCUT2D eigenvalue weighted by molar-refractivity contribution is 5.34. The number of hydrogen-bond donors (Lipinski definition) is 0. The van der Waals surface area contributed by atoms with E-state index in [0.717, 1.165) is 35.5 Å². The van der Waals surface area contributed by atoms with Crippen LogP contribution in [0.4, 0.5) is 0 Å². The molecule has 0 unspecified atom stereocenters. The Kier molecular flexibility index (Phi) is 5.41. The molecule has 2 saturated carbocycles. The van der Waals surface area contributed by atoms with Crippen molar-refractivity contribution in [2.45, 2.75) is 98.8 Å². The lowest BCUT2D eigenvalue weighted by Gasteiger charge is -2.57. The van der Waals surface area contributed by atoms with E-state index < -0.39 is 0 Å². The van der Waals surface area contributed by atoms with E-state index in [4.69, 9.17) is 0 Å². The summed E-state index contributed by atoms with van der Waals surface area (Å²) in [5.41, 5.74) is 2.81.